The van der Waals surface area contributed by atoms with Gasteiger partial charge in [-0.25, -0.2) is 0 Å². The van der Waals surface area contributed by atoms with Crippen molar-refractivity contribution in [2.45, 2.75) is 0 Å². The smallest absolute Gasteiger partial charge is 0.0666 e. The number of halogens is 1. The number of rotatable bonds is 0. The van der Waals surface area contributed by atoms with Crippen molar-refractivity contribution >= 4 is 22.5 Å². The molecule has 0 fully saturated rings. The van der Waals surface area contributed by atoms with Crippen molar-refractivity contribution in [1.82, 2.24) is 4.57 Å². The Morgan fingerprint density at radius 3 is 2.82 bits per heavy atom. The average molecular weight is 166 g/mol. The van der Waals surface area contributed by atoms with Gasteiger partial charge in [0.1, 0.15) is 0 Å². The fourth-order valence-corrected chi connectivity index (χ4v) is 1.62. The van der Waals surface area contributed by atoms with Crippen molar-refractivity contribution in [2.24, 2.45) is 7.05 Å². The normalized spacial score (nSPS) is 10.7. The molecule has 0 aliphatic rings. The zero-order valence-corrected chi connectivity index (χ0v) is 6.97. The van der Waals surface area contributed by atoms with Crippen molar-refractivity contribution in [3.8, 4) is 0 Å². The van der Waals surface area contributed by atoms with Gasteiger partial charge < -0.3 is 4.57 Å². The maximum Gasteiger partial charge on any atom is 0.0666 e. The molecule has 1 aromatic heterocycles. The number of fused-ring (bicyclic) bond motifs is 1. The molecule has 0 spiro atoms. The third-order valence-electron chi connectivity index (χ3n) is 1.85. The Balaban J connectivity index is 2.96. The Kier molecular flexibility index (Phi) is 1.40. The summed E-state index contributed by atoms with van der Waals surface area (Å²) in [6, 6.07) is 7.98. The second-order valence-electron chi connectivity index (χ2n) is 2.60. The lowest BCUT2D eigenvalue weighted by molar-refractivity contribution is 0.969. The Bertz CT molecular complexity index is 389. The standard InChI is InChI=1S/C9H8ClN/c1-11-6-5-7-3-2-4-8(10)9(7)11/h2-6H,1H3. The maximum absolute atomic E-state index is 5.98. The third kappa shape index (κ3) is 0.925. The lowest BCUT2D eigenvalue weighted by atomic mass is 10.2. The molecular formula is C9H8ClN. The lowest BCUT2D eigenvalue weighted by Crippen LogP contribution is -1.83. The largest absolute Gasteiger partial charge is 0.349 e. The van der Waals surface area contributed by atoms with Gasteiger partial charge in [0.05, 0.1) is 10.5 Å². The van der Waals surface area contributed by atoms with E-state index in [4.69, 9.17) is 11.6 Å². The van der Waals surface area contributed by atoms with Gasteiger partial charge in [-0.15, -0.1) is 0 Å². The predicted octanol–water partition coefficient (Wildman–Crippen LogP) is 2.83. The Morgan fingerprint density at radius 1 is 1.27 bits per heavy atom. The molecule has 0 amide bonds. The first-order valence-corrected chi connectivity index (χ1v) is 3.86. The molecule has 0 radical (unpaired) electrons. The van der Waals surface area contributed by atoms with Gasteiger partial charge in [0, 0.05) is 18.6 Å². The number of benzene rings is 1. The van der Waals surface area contributed by atoms with E-state index in [-0.39, 0.29) is 0 Å². The molecule has 1 aromatic carbocycles. The molecule has 0 unspecified atom stereocenters. The summed E-state index contributed by atoms with van der Waals surface area (Å²) in [4.78, 5) is 0. The van der Waals surface area contributed by atoms with Gasteiger partial charge in [-0.1, -0.05) is 23.7 Å². The highest BCUT2D eigenvalue weighted by atomic mass is 35.5. The van der Waals surface area contributed by atoms with Gasteiger partial charge in [0.15, 0.2) is 0 Å². The van der Waals surface area contributed by atoms with E-state index >= 15 is 0 Å². The summed E-state index contributed by atoms with van der Waals surface area (Å²) in [5, 5.41) is 2.01. The molecule has 2 rings (SSSR count). The van der Waals surface area contributed by atoms with Crippen LogP contribution in [0.1, 0.15) is 0 Å². The van der Waals surface area contributed by atoms with Gasteiger partial charge in [-0.05, 0) is 12.1 Å². The van der Waals surface area contributed by atoms with Gasteiger partial charge in [-0.3, -0.25) is 0 Å². The molecule has 2 heteroatoms. The van der Waals surface area contributed by atoms with E-state index in [1.54, 1.807) is 0 Å². The average Bonchev–Trinajstić information content (AvgIpc) is 2.34. The van der Waals surface area contributed by atoms with E-state index in [2.05, 4.69) is 12.1 Å². The predicted molar refractivity (Wildman–Crippen MR) is 47.9 cm³/mol. The Morgan fingerprint density at radius 2 is 2.09 bits per heavy atom. The van der Waals surface area contributed by atoms with Gasteiger partial charge in [-0.2, -0.15) is 0 Å². The minimum Gasteiger partial charge on any atom is -0.349 e. The number of aryl methyl sites for hydroxylation is 1. The van der Waals surface area contributed by atoms with E-state index in [0.717, 1.165) is 10.5 Å². The zero-order chi connectivity index (χ0) is 7.84. The number of para-hydroxylation sites is 1. The SMILES string of the molecule is Cn1ccc2cccc(Cl)c21. The quantitative estimate of drug-likeness (QED) is 0.566. The summed E-state index contributed by atoms with van der Waals surface area (Å²) in [5.41, 5.74) is 1.11. The van der Waals surface area contributed by atoms with E-state index < -0.39 is 0 Å². The van der Waals surface area contributed by atoms with Crippen LogP contribution in [-0.2, 0) is 7.05 Å². The first-order valence-electron chi connectivity index (χ1n) is 3.48. The van der Waals surface area contributed by atoms with Crippen molar-refractivity contribution in [3.63, 3.8) is 0 Å². The Labute approximate surface area is 70.2 Å². The monoisotopic (exact) mass is 165 g/mol. The molecule has 0 aliphatic carbocycles. The van der Waals surface area contributed by atoms with E-state index in [1.807, 2.05) is 29.9 Å². The molecule has 2 aromatic rings. The number of aromatic nitrogens is 1. The van der Waals surface area contributed by atoms with Crippen LogP contribution in [0.3, 0.4) is 0 Å². The molecule has 0 N–H and O–H groups in total. The first-order chi connectivity index (χ1) is 5.29. The van der Waals surface area contributed by atoms with Gasteiger partial charge >= 0.3 is 0 Å². The summed E-state index contributed by atoms with van der Waals surface area (Å²) >= 11 is 5.98. The highest BCUT2D eigenvalue weighted by Gasteiger charge is 1.99. The molecule has 1 nitrogen and oxygen atoms in total. The molecule has 11 heavy (non-hydrogen) atoms. The molecule has 0 bridgehead atoms. The highest BCUT2D eigenvalue weighted by molar-refractivity contribution is 6.35. The van der Waals surface area contributed by atoms with Crippen LogP contribution in [0.5, 0.6) is 0 Å². The van der Waals surface area contributed by atoms with Crippen LogP contribution in [0.15, 0.2) is 30.5 Å². The molecule has 0 saturated carbocycles. The molecular weight excluding hydrogens is 158 g/mol. The van der Waals surface area contributed by atoms with E-state index in [0.29, 0.717) is 0 Å². The van der Waals surface area contributed by atoms with Crippen LogP contribution >= 0.6 is 11.6 Å². The summed E-state index contributed by atoms with van der Waals surface area (Å²) in [6.45, 7) is 0. The summed E-state index contributed by atoms with van der Waals surface area (Å²) in [5.74, 6) is 0. The number of hydrogen-bond acceptors (Lipinski definition) is 0. The topological polar surface area (TPSA) is 4.93 Å². The molecule has 1 heterocycles. The van der Waals surface area contributed by atoms with Crippen molar-refractivity contribution in [2.75, 3.05) is 0 Å². The maximum atomic E-state index is 5.98. The zero-order valence-electron chi connectivity index (χ0n) is 6.21. The highest BCUT2D eigenvalue weighted by Crippen LogP contribution is 2.22. The molecule has 0 atom stereocenters. The van der Waals surface area contributed by atoms with Crippen LogP contribution in [0.25, 0.3) is 10.9 Å². The van der Waals surface area contributed by atoms with Gasteiger partial charge in [0.2, 0.25) is 0 Å². The van der Waals surface area contributed by atoms with Crippen LogP contribution < -0.4 is 0 Å². The summed E-state index contributed by atoms with van der Waals surface area (Å²) < 4.78 is 2.03. The number of hydrogen-bond donors (Lipinski definition) is 0. The van der Waals surface area contributed by atoms with Crippen LogP contribution in [-0.4, -0.2) is 4.57 Å². The Hall–Kier alpha value is -0.950. The molecule has 0 saturated heterocycles. The van der Waals surface area contributed by atoms with Crippen molar-refractivity contribution in [1.29, 1.82) is 0 Å². The first kappa shape index (κ1) is 6.74. The summed E-state index contributed by atoms with van der Waals surface area (Å²) in [6.07, 6.45) is 2.01. The molecule has 56 valence electrons. The van der Waals surface area contributed by atoms with E-state index in [1.165, 1.54) is 5.39 Å². The number of nitrogens with zero attached hydrogens (tertiary/aromatic N) is 1. The summed E-state index contributed by atoms with van der Waals surface area (Å²) in [7, 11) is 1.99. The van der Waals surface area contributed by atoms with E-state index in [9.17, 15) is 0 Å². The second kappa shape index (κ2) is 2.28. The van der Waals surface area contributed by atoms with Crippen LogP contribution in [0.2, 0.25) is 5.02 Å². The second-order valence-corrected chi connectivity index (χ2v) is 3.01. The minimum absolute atomic E-state index is 0.815. The van der Waals surface area contributed by atoms with Crippen molar-refractivity contribution < 1.29 is 0 Å². The molecule has 0 aliphatic heterocycles. The minimum atomic E-state index is 0.815. The van der Waals surface area contributed by atoms with Crippen LogP contribution in [0.4, 0.5) is 0 Å². The van der Waals surface area contributed by atoms with Crippen LogP contribution in [0, 0.1) is 0 Å². The fraction of sp³-hybridized carbons (Fsp3) is 0.111. The third-order valence-corrected chi connectivity index (χ3v) is 2.15. The van der Waals surface area contributed by atoms with Gasteiger partial charge in [0.25, 0.3) is 0 Å². The fourth-order valence-electron chi connectivity index (χ4n) is 1.31. The van der Waals surface area contributed by atoms with Crippen molar-refractivity contribution in [3.05, 3.63) is 35.5 Å². The lowest BCUT2D eigenvalue weighted by Gasteiger charge is -1.97.